The van der Waals surface area contributed by atoms with E-state index in [0.717, 1.165) is 42.7 Å². The van der Waals surface area contributed by atoms with Crippen molar-refractivity contribution in [3.63, 3.8) is 0 Å². The minimum atomic E-state index is -0.523. The summed E-state index contributed by atoms with van der Waals surface area (Å²) in [6, 6.07) is 19.5. The predicted molar refractivity (Wildman–Crippen MR) is 152 cm³/mol. The molecule has 3 aromatic rings. The molecule has 200 valence electrons. The Morgan fingerprint density at radius 3 is 2.46 bits per heavy atom. The van der Waals surface area contributed by atoms with Crippen LogP contribution in [0, 0.1) is 11.3 Å². The maximum atomic E-state index is 13.6. The van der Waals surface area contributed by atoms with Gasteiger partial charge in [-0.05, 0) is 55.7 Å². The Bertz CT molecular complexity index is 1440. The number of benzene rings is 2. The molecule has 0 atom stereocenters. The third-order valence-electron chi connectivity index (χ3n) is 6.75. The Labute approximate surface area is 230 Å². The summed E-state index contributed by atoms with van der Waals surface area (Å²) in [4.78, 5) is 27.7. The molecule has 0 aliphatic carbocycles. The van der Waals surface area contributed by atoms with Gasteiger partial charge < -0.3 is 4.74 Å². The summed E-state index contributed by atoms with van der Waals surface area (Å²) < 4.78 is 7.71. The number of imide groups is 1. The molecule has 39 heavy (non-hydrogen) atoms. The minimum absolute atomic E-state index is 0.000621. The van der Waals surface area contributed by atoms with Gasteiger partial charge in [-0.3, -0.25) is 14.5 Å². The van der Waals surface area contributed by atoms with Crippen molar-refractivity contribution in [3.8, 4) is 28.8 Å². The Morgan fingerprint density at radius 1 is 0.974 bits per heavy atom. The van der Waals surface area contributed by atoms with E-state index in [1.165, 1.54) is 4.90 Å². The van der Waals surface area contributed by atoms with Crippen LogP contribution in [0.25, 0.3) is 23.0 Å². The summed E-state index contributed by atoms with van der Waals surface area (Å²) in [5.41, 5.74) is 3.79. The first kappa shape index (κ1) is 27.6. The highest BCUT2D eigenvalue weighted by Crippen LogP contribution is 2.32. The molecule has 0 N–H and O–H groups in total. The number of nitrogens with zero attached hydrogens (tertiary/aromatic N) is 4. The van der Waals surface area contributed by atoms with Gasteiger partial charge in [0.1, 0.15) is 23.1 Å². The maximum Gasteiger partial charge on any atom is 0.271 e. The van der Waals surface area contributed by atoms with E-state index in [0.29, 0.717) is 35.4 Å². The first-order chi connectivity index (χ1) is 19.0. The number of aromatic nitrogens is 2. The number of nitriles is 1. The van der Waals surface area contributed by atoms with Crippen LogP contribution in [0.15, 0.2) is 77.5 Å². The van der Waals surface area contributed by atoms with E-state index in [1.807, 2.05) is 66.9 Å². The topological polar surface area (TPSA) is 88.2 Å². The van der Waals surface area contributed by atoms with Gasteiger partial charge in [-0.2, -0.15) is 10.4 Å². The van der Waals surface area contributed by atoms with Crippen LogP contribution in [0.1, 0.15) is 58.4 Å². The molecule has 0 radical (unpaired) electrons. The quantitative estimate of drug-likeness (QED) is 0.163. The van der Waals surface area contributed by atoms with Crippen LogP contribution < -0.4 is 4.74 Å². The number of unbranched alkanes of at least 4 members (excludes halogenated alkanes) is 3. The van der Waals surface area contributed by atoms with E-state index >= 15 is 0 Å². The molecule has 0 spiro atoms. The lowest BCUT2D eigenvalue weighted by Crippen LogP contribution is -2.43. The molecule has 1 aromatic heterocycles. The molecule has 1 aliphatic heterocycles. The molecule has 4 rings (SSSR count). The van der Waals surface area contributed by atoms with E-state index in [1.54, 1.807) is 17.7 Å². The zero-order valence-electron chi connectivity index (χ0n) is 22.8. The van der Waals surface area contributed by atoms with Gasteiger partial charge in [0, 0.05) is 29.4 Å². The zero-order valence-corrected chi connectivity index (χ0v) is 22.8. The van der Waals surface area contributed by atoms with Crippen molar-refractivity contribution in [1.29, 1.82) is 5.26 Å². The molecule has 0 saturated carbocycles. The monoisotopic (exact) mass is 522 g/mol. The second-order valence-corrected chi connectivity index (χ2v) is 9.58. The Hall–Kier alpha value is -4.44. The van der Waals surface area contributed by atoms with Crippen LogP contribution in [-0.2, 0) is 9.59 Å². The standard InChI is InChI=1S/C32H34N4O3/c1-4-6-11-17-35-31(37)28(23(3)29(21-33)32(35)38)20-25-22-36(26-14-9-8-10-15-26)34-30(25)24-13-12-16-27(19-24)39-18-7-5-2/h8-10,12-16,19-20,22H,4-7,11,17-18H2,1-3H3/b28-20+. The highest BCUT2D eigenvalue weighted by Gasteiger charge is 2.35. The Balaban J connectivity index is 1.83. The molecule has 0 fully saturated rings. The highest BCUT2D eigenvalue weighted by molar-refractivity contribution is 6.19. The number of amides is 2. The molecule has 7 heteroatoms. The third kappa shape index (κ3) is 6.18. The molecule has 0 bridgehead atoms. The molecular formula is C32H34N4O3. The van der Waals surface area contributed by atoms with Crippen molar-refractivity contribution >= 4 is 17.9 Å². The lowest BCUT2D eigenvalue weighted by Gasteiger charge is -2.27. The summed E-state index contributed by atoms with van der Waals surface area (Å²) in [6.07, 6.45) is 8.18. The summed E-state index contributed by atoms with van der Waals surface area (Å²) in [7, 11) is 0. The van der Waals surface area contributed by atoms with Crippen molar-refractivity contribution in [3.05, 3.63) is 83.1 Å². The number of ether oxygens (including phenoxy) is 1. The fraction of sp³-hybridized carbons (Fsp3) is 0.312. The number of hydrogen-bond donors (Lipinski definition) is 0. The molecular weight excluding hydrogens is 488 g/mol. The van der Waals surface area contributed by atoms with Crippen LogP contribution in [0.3, 0.4) is 0 Å². The van der Waals surface area contributed by atoms with E-state index in [9.17, 15) is 14.9 Å². The highest BCUT2D eigenvalue weighted by atomic mass is 16.5. The number of carbonyl (C=O) groups is 2. The van der Waals surface area contributed by atoms with Gasteiger partial charge >= 0.3 is 0 Å². The first-order valence-corrected chi connectivity index (χ1v) is 13.6. The van der Waals surface area contributed by atoms with E-state index < -0.39 is 5.91 Å². The molecule has 1 aliphatic rings. The van der Waals surface area contributed by atoms with Crippen molar-refractivity contribution in [2.45, 2.75) is 52.9 Å². The number of hydrogen-bond acceptors (Lipinski definition) is 5. The number of para-hydroxylation sites is 1. The van der Waals surface area contributed by atoms with Gasteiger partial charge in [-0.25, -0.2) is 4.68 Å². The fourth-order valence-corrected chi connectivity index (χ4v) is 4.51. The van der Waals surface area contributed by atoms with Crippen molar-refractivity contribution in [1.82, 2.24) is 14.7 Å². The van der Waals surface area contributed by atoms with E-state index in [4.69, 9.17) is 9.84 Å². The minimum Gasteiger partial charge on any atom is -0.494 e. The van der Waals surface area contributed by atoms with Gasteiger partial charge in [0.2, 0.25) is 0 Å². The molecule has 2 amide bonds. The zero-order chi connectivity index (χ0) is 27.8. The third-order valence-corrected chi connectivity index (χ3v) is 6.75. The summed E-state index contributed by atoms with van der Waals surface area (Å²) in [5.74, 6) is -0.161. The van der Waals surface area contributed by atoms with Gasteiger partial charge in [-0.1, -0.05) is 63.4 Å². The van der Waals surface area contributed by atoms with Crippen LogP contribution in [0.5, 0.6) is 5.75 Å². The smallest absolute Gasteiger partial charge is 0.271 e. The molecule has 7 nitrogen and oxygen atoms in total. The second kappa shape index (κ2) is 12.9. The van der Waals surface area contributed by atoms with E-state index in [-0.39, 0.29) is 18.0 Å². The van der Waals surface area contributed by atoms with Crippen LogP contribution in [0.4, 0.5) is 0 Å². The predicted octanol–water partition coefficient (Wildman–Crippen LogP) is 6.50. The Morgan fingerprint density at radius 2 is 1.74 bits per heavy atom. The molecule has 0 saturated heterocycles. The summed E-state index contributed by atoms with van der Waals surface area (Å²) >= 11 is 0. The van der Waals surface area contributed by atoms with Crippen molar-refractivity contribution in [2.24, 2.45) is 0 Å². The van der Waals surface area contributed by atoms with Gasteiger partial charge in [0.25, 0.3) is 11.8 Å². The molecule has 2 heterocycles. The summed E-state index contributed by atoms with van der Waals surface area (Å²) in [5, 5.41) is 14.7. The van der Waals surface area contributed by atoms with Gasteiger partial charge in [0.05, 0.1) is 12.3 Å². The first-order valence-electron chi connectivity index (χ1n) is 13.6. The molecule has 0 unspecified atom stereocenters. The normalized spacial score (nSPS) is 14.7. The van der Waals surface area contributed by atoms with Gasteiger partial charge in [0.15, 0.2) is 0 Å². The lowest BCUT2D eigenvalue weighted by atomic mass is 9.93. The van der Waals surface area contributed by atoms with Crippen LogP contribution >= 0.6 is 0 Å². The lowest BCUT2D eigenvalue weighted by molar-refractivity contribution is -0.140. The number of rotatable bonds is 11. The summed E-state index contributed by atoms with van der Waals surface area (Å²) in [6.45, 7) is 6.76. The SMILES string of the molecule is CCCCCN1C(=O)C(C#N)=C(C)/C(=C\c2cn(-c3ccccc3)nc2-c2cccc(OCCCC)c2)C1=O. The Kier molecular flexibility index (Phi) is 9.11. The second-order valence-electron chi connectivity index (χ2n) is 9.58. The van der Waals surface area contributed by atoms with Crippen LogP contribution in [-0.4, -0.2) is 39.6 Å². The largest absolute Gasteiger partial charge is 0.494 e. The molecule has 2 aromatic carbocycles. The fourth-order valence-electron chi connectivity index (χ4n) is 4.51. The number of carbonyl (C=O) groups excluding carboxylic acids is 2. The van der Waals surface area contributed by atoms with E-state index in [2.05, 4.69) is 13.8 Å². The van der Waals surface area contributed by atoms with Gasteiger partial charge in [-0.15, -0.1) is 0 Å². The van der Waals surface area contributed by atoms with Crippen molar-refractivity contribution < 1.29 is 14.3 Å². The average Bonchev–Trinajstić information content (AvgIpc) is 3.38. The maximum absolute atomic E-state index is 13.6. The van der Waals surface area contributed by atoms with Crippen LogP contribution in [0.2, 0.25) is 0 Å². The van der Waals surface area contributed by atoms with Crippen molar-refractivity contribution in [2.75, 3.05) is 13.2 Å². The average molecular weight is 523 g/mol.